The summed E-state index contributed by atoms with van der Waals surface area (Å²) in [4.78, 5) is 7.14. The van der Waals surface area contributed by atoms with Crippen LogP contribution in [0.15, 0.2) is 42.7 Å². The van der Waals surface area contributed by atoms with E-state index in [2.05, 4.69) is 9.97 Å². The first-order valence-electron chi connectivity index (χ1n) is 6.06. The number of aromatic nitrogens is 2. The molecular formula is C15H11F3N2. The van der Waals surface area contributed by atoms with Gasteiger partial charge in [-0.3, -0.25) is 4.98 Å². The highest BCUT2D eigenvalue weighted by atomic mass is 19.4. The summed E-state index contributed by atoms with van der Waals surface area (Å²) < 4.78 is 38.1. The van der Waals surface area contributed by atoms with Gasteiger partial charge < -0.3 is 4.98 Å². The number of rotatable bonds is 1. The van der Waals surface area contributed by atoms with Crippen molar-refractivity contribution in [2.75, 3.05) is 0 Å². The molecule has 2 nitrogen and oxygen atoms in total. The molecule has 3 rings (SSSR count). The lowest BCUT2D eigenvalue weighted by molar-refractivity contribution is -0.137. The van der Waals surface area contributed by atoms with Gasteiger partial charge in [0.25, 0.3) is 0 Å². The van der Waals surface area contributed by atoms with Gasteiger partial charge in [-0.2, -0.15) is 13.2 Å². The summed E-state index contributed by atoms with van der Waals surface area (Å²) in [6.07, 6.45) is -0.935. The molecule has 1 N–H and O–H groups in total. The predicted octanol–water partition coefficient (Wildman–Crippen LogP) is 4.56. The van der Waals surface area contributed by atoms with Crippen LogP contribution in [-0.2, 0) is 6.18 Å². The zero-order valence-corrected chi connectivity index (χ0v) is 10.6. The maximum Gasteiger partial charge on any atom is 0.416 e. The molecule has 0 fully saturated rings. The fourth-order valence-corrected chi connectivity index (χ4v) is 2.23. The standard InChI is InChI=1S/C15H11F3N2/c1-9-8-19-5-4-12(9)14-7-10-6-11(15(16,17)18)2-3-13(10)20-14/h2-8,20H,1H3. The second-order valence-corrected chi connectivity index (χ2v) is 4.67. The minimum Gasteiger partial charge on any atom is -0.355 e. The monoisotopic (exact) mass is 276 g/mol. The van der Waals surface area contributed by atoms with Crippen molar-refractivity contribution >= 4 is 10.9 Å². The number of fused-ring (bicyclic) bond motifs is 1. The van der Waals surface area contributed by atoms with E-state index in [0.717, 1.165) is 29.0 Å². The molecule has 0 aliphatic heterocycles. The van der Waals surface area contributed by atoms with Gasteiger partial charge in [0.2, 0.25) is 0 Å². The Morgan fingerprint density at radius 3 is 2.60 bits per heavy atom. The predicted molar refractivity (Wildman–Crippen MR) is 71.3 cm³/mol. The van der Waals surface area contributed by atoms with Crippen LogP contribution < -0.4 is 0 Å². The first-order valence-corrected chi connectivity index (χ1v) is 6.06. The van der Waals surface area contributed by atoms with E-state index in [4.69, 9.17) is 0 Å². The molecule has 0 aliphatic rings. The summed E-state index contributed by atoms with van der Waals surface area (Å²) >= 11 is 0. The number of H-pyrrole nitrogens is 1. The van der Waals surface area contributed by atoms with Crippen LogP contribution in [0.1, 0.15) is 11.1 Å². The molecule has 0 radical (unpaired) electrons. The largest absolute Gasteiger partial charge is 0.416 e. The van der Waals surface area contributed by atoms with Crippen molar-refractivity contribution in [3.05, 3.63) is 53.9 Å². The number of hydrogen-bond donors (Lipinski definition) is 1. The summed E-state index contributed by atoms with van der Waals surface area (Å²) in [7, 11) is 0. The van der Waals surface area contributed by atoms with Gasteiger partial charge in [0.1, 0.15) is 0 Å². The van der Waals surface area contributed by atoms with E-state index in [-0.39, 0.29) is 0 Å². The van der Waals surface area contributed by atoms with Crippen LogP contribution in [0.5, 0.6) is 0 Å². The van der Waals surface area contributed by atoms with Crippen molar-refractivity contribution in [1.82, 2.24) is 9.97 Å². The van der Waals surface area contributed by atoms with Gasteiger partial charge in [-0.25, -0.2) is 0 Å². The number of nitrogens with zero attached hydrogens (tertiary/aromatic N) is 1. The Hall–Kier alpha value is -2.30. The second kappa shape index (κ2) is 4.37. The number of pyridine rings is 1. The van der Waals surface area contributed by atoms with Crippen molar-refractivity contribution < 1.29 is 13.2 Å². The van der Waals surface area contributed by atoms with Crippen molar-refractivity contribution in [2.45, 2.75) is 13.1 Å². The van der Waals surface area contributed by atoms with E-state index in [9.17, 15) is 13.2 Å². The van der Waals surface area contributed by atoms with Crippen LogP contribution in [0.25, 0.3) is 22.2 Å². The first-order chi connectivity index (χ1) is 9.45. The lowest BCUT2D eigenvalue weighted by atomic mass is 10.1. The fraction of sp³-hybridized carbons (Fsp3) is 0.133. The molecule has 0 aliphatic carbocycles. The topological polar surface area (TPSA) is 28.7 Å². The van der Waals surface area contributed by atoms with Crippen LogP contribution >= 0.6 is 0 Å². The third kappa shape index (κ3) is 2.15. The highest BCUT2D eigenvalue weighted by Crippen LogP contribution is 2.33. The summed E-state index contributed by atoms with van der Waals surface area (Å²) in [5.74, 6) is 0. The Balaban J connectivity index is 2.14. The minimum atomic E-state index is -4.32. The second-order valence-electron chi connectivity index (χ2n) is 4.67. The molecule has 0 unspecified atom stereocenters. The Kier molecular flexibility index (Phi) is 2.78. The van der Waals surface area contributed by atoms with Gasteiger partial charge in [-0.1, -0.05) is 0 Å². The van der Waals surface area contributed by atoms with Crippen molar-refractivity contribution in [3.63, 3.8) is 0 Å². The molecule has 102 valence electrons. The molecule has 2 aromatic heterocycles. The van der Waals surface area contributed by atoms with Gasteiger partial charge in [0, 0.05) is 34.6 Å². The van der Waals surface area contributed by atoms with Gasteiger partial charge in [0.15, 0.2) is 0 Å². The lowest BCUT2D eigenvalue weighted by Gasteiger charge is -2.05. The Bertz CT molecular complexity index is 772. The fourth-order valence-electron chi connectivity index (χ4n) is 2.23. The minimum absolute atomic E-state index is 0.547. The molecule has 0 amide bonds. The van der Waals surface area contributed by atoms with Gasteiger partial charge in [-0.05, 0) is 42.8 Å². The Morgan fingerprint density at radius 1 is 1.10 bits per heavy atom. The molecular weight excluding hydrogens is 265 g/mol. The maximum absolute atomic E-state index is 12.7. The molecule has 0 atom stereocenters. The number of aromatic amines is 1. The molecule has 3 aromatic rings. The van der Waals surface area contributed by atoms with Gasteiger partial charge in [-0.15, -0.1) is 0 Å². The number of nitrogens with one attached hydrogen (secondary N) is 1. The van der Waals surface area contributed by atoms with E-state index in [0.29, 0.717) is 10.9 Å². The zero-order chi connectivity index (χ0) is 14.3. The van der Waals surface area contributed by atoms with Crippen molar-refractivity contribution in [1.29, 1.82) is 0 Å². The average molecular weight is 276 g/mol. The van der Waals surface area contributed by atoms with Crippen LogP contribution in [0, 0.1) is 6.92 Å². The third-order valence-electron chi connectivity index (χ3n) is 3.26. The third-order valence-corrected chi connectivity index (χ3v) is 3.26. The maximum atomic E-state index is 12.7. The molecule has 1 aromatic carbocycles. The van der Waals surface area contributed by atoms with E-state index < -0.39 is 11.7 Å². The molecule has 0 bridgehead atoms. The molecule has 20 heavy (non-hydrogen) atoms. The normalized spacial score (nSPS) is 12.0. The number of benzene rings is 1. The lowest BCUT2D eigenvalue weighted by Crippen LogP contribution is -2.03. The molecule has 5 heteroatoms. The zero-order valence-electron chi connectivity index (χ0n) is 10.6. The summed E-state index contributed by atoms with van der Waals surface area (Å²) in [5.41, 5.74) is 2.74. The first kappa shape index (κ1) is 12.7. The quantitative estimate of drug-likeness (QED) is 0.693. The average Bonchev–Trinajstić information content (AvgIpc) is 2.80. The molecule has 0 saturated carbocycles. The molecule has 0 spiro atoms. The highest BCUT2D eigenvalue weighted by molar-refractivity contribution is 5.87. The summed E-state index contributed by atoms with van der Waals surface area (Å²) in [6, 6.07) is 7.27. The summed E-state index contributed by atoms with van der Waals surface area (Å²) in [5, 5.41) is 0.547. The smallest absolute Gasteiger partial charge is 0.355 e. The van der Waals surface area contributed by atoms with Gasteiger partial charge >= 0.3 is 6.18 Å². The van der Waals surface area contributed by atoms with Crippen LogP contribution in [-0.4, -0.2) is 9.97 Å². The molecule has 2 heterocycles. The molecule has 0 saturated heterocycles. The van der Waals surface area contributed by atoms with Gasteiger partial charge in [0.05, 0.1) is 5.56 Å². The highest BCUT2D eigenvalue weighted by Gasteiger charge is 2.30. The van der Waals surface area contributed by atoms with E-state index in [1.165, 1.54) is 6.07 Å². The SMILES string of the molecule is Cc1cnccc1-c1cc2cc(C(F)(F)F)ccc2[nH]1. The van der Waals surface area contributed by atoms with E-state index in [1.54, 1.807) is 18.5 Å². The number of halogens is 3. The van der Waals surface area contributed by atoms with E-state index >= 15 is 0 Å². The van der Waals surface area contributed by atoms with Crippen LogP contribution in [0.3, 0.4) is 0 Å². The van der Waals surface area contributed by atoms with Crippen molar-refractivity contribution in [2.24, 2.45) is 0 Å². The number of aryl methyl sites for hydroxylation is 1. The summed E-state index contributed by atoms with van der Waals surface area (Å²) in [6.45, 7) is 1.91. The number of hydrogen-bond acceptors (Lipinski definition) is 1. The Morgan fingerprint density at radius 2 is 1.90 bits per heavy atom. The Labute approximate surface area is 113 Å². The van der Waals surface area contributed by atoms with Crippen LogP contribution in [0.4, 0.5) is 13.2 Å². The number of alkyl halides is 3. The van der Waals surface area contributed by atoms with Crippen molar-refractivity contribution in [3.8, 4) is 11.3 Å². The van der Waals surface area contributed by atoms with Crippen LogP contribution in [0.2, 0.25) is 0 Å². The van der Waals surface area contributed by atoms with E-state index in [1.807, 2.05) is 13.0 Å².